The SMILES string of the molecule is CC.CC.CC[C@@H]1CCNC1=O. The zero-order valence-electron chi connectivity index (χ0n) is 9.11. The van der Waals surface area contributed by atoms with E-state index in [1.165, 1.54) is 0 Å². The Morgan fingerprint density at radius 1 is 1.33 bits per heavy atom. The highest BCUT2D eigenvalue weighted by molar-refractivity contribution is 5.80. The summed E-state index contributed by atoms with van der Waals surface area (Å²) in [6.07, 6.45) is 2.03. The Kier molecular flexibility index (Phi) is 12.2. The molecule has 1 rings (SSSR count). The van der Waals surface area contributed by atoms with E-state index in [-0.39, 0.29) is 5.91 Å². The number of amides is 1. The van der Waals surface area contributed by atoms with Gasteiger partial charge in [-0.25, -0.2) is 0 Å². The number of carbonyl (C=O) groups excluding carboxylic acids is 1. The van der Waals surface area contributed by atoms with Crippen molar-refractivity contribution in [3.05, 3.63) is 0 Å². The van der Waals surface area contributed by atoms with Gasteiger partial charge in [0.2, 0.25) is 5.91 Å². The van der Waals surface area contributed by atoms with Crippen LogP contribution in [0.3, 0.4) is 0 Å². The van der Waals surface area contributed by atoms with Gasteiger partial charge in [-0.05, 0) is 12.8 Å². The molecule has 2 nitrogen and oxygen atoms in total. The van der Waals surface area contributed by atoms with E-state index in [1.807, 2.05) is 27.7 Å². The molecule has 0 aromatic carbocycles. The predicted molar refractivity (Wildman–Crippen MR) is 54.1 cm³/mol. The van der Waals surface area contributed by atoms with Gasteiger partial charge in [-0.2, -0.15) is 0 Å². The fraction of sp³-hybridized carbons (Fsp3) is 0.900. The fourth-order valence-electron chi connectivity index (χ4n) is 1.03. The number of nitrogens with one attached hydrogen (secondary N) is 1. The Bertz CT molecular complexity index is 102. The van der Waals surface area contributed by atoms with Crippen LogP contribution in [-0.4, -0.2) is 12.5 Å². The highest BCUT2D eigenvalue weighted by Crippen LogP contribution is 2.11. The first kappa shape index (κ1) is 14.0. The zero-order valence-corrected chi connectivity index (χ0v) is 9.11. The summed E-state index contributed by atoms with van der Waals surface area (Å²) in [4.78, 5) is 10.7. The van der Waals surface area contributed by atoms with Crippen LogP contribution in [0.4, 0.5) is 0 Å². The minimum Gasteiger partial charge on any atom is -0.356 e. The van der Waals surface area contributed by atoms with Crippen molar-refractivity contribution >= 4 is 5.91 Å². The average Bonchev–Trinajstić information content (AvgIpc) is 2.58. The molecule has 1 heterocycles. The highest BCUT2D eigenvalue weighted by atomic mass is 16.2. The molecule has 1 atom stereocenters. The van der Waals surface area contributed by atoms with Crippen LogP contribution in [0, 0.1) is 5.92 Å². The smallest absolute Gasteiger partial charge is 0.223 e. The van der Waals surface area contributed by atoms with E-state index in [0.29, 0.717) is 5.92 Å². The molecule has 1 N–H and O–H groups in total. The normalized spacial score (nSPS) is 19.8. The van der Waals surface area contributed by atoms with Crippen molar-refractivity contribution in [3.63, 3.8) is 0 Å². The van der Waals surface area contributed by atoms with E-state index in [9.17, 15) is 4.79 Å². The molecule has 0 bridgehead atoms. The van der Waals surface area contributed by atoms with Gasteiger partial charge in [-0.1, -0.05) is 34.6 Å². The summed E-state index contributed by atoms with van der Waals surface area (Å²) in [5.74, 6) is 0.558. The van der Waals surface area contributed by atoms with Gasteiger partial charge in [0.05, 0.1) is 0 Å². The zero-order chi connectivity index (χ0) is 9.98. The Morgan fingerprint density at radius 3 is 2.00 bits per heavy atom. The lowest BCUT2D eigenvalue weighted by atomic mass is 10.1. The van der Waals surface area contributed by atoms with Crippen molar-refractivity contribution in [2.24, 2.45) is 5.92 Å². The van der Waals surface area contributed by atoms with Crippen LogP contribution in [0.2, 0.25) is 0 Å². The number of hydrogen-bond donors (Lipinski definition) is 1. The van der Waals surface area contributed by atoms with Gasteiger partial charge >= 0.3 is 0 Å². The van der Waals surface area contributed by atoms with Crippen LogP contribution in [0.15, 0.2) is 0 Å². The number of rotatable bonds is 1. The van der Waals surface area contributed by atoms with Crippen molar-refractivity contribution < 1.29 is 4.79 Å². The van der Waals surface area contributed by atoms with Crippen molar-refractivity contribution in [2.75, 3.05) is 6.54 Å². The Balaban J connectivity index is 0. The highest BCUT2D eigenvalue weighted by Gasteiger charge is 2.20. The summed E-state index contributed by atoms with van der Waals surface area (Å²) in [6, 6.07) is 0. The van der Waals surface area contributed by atoms with E-state index in [2.05, 4.69) is 12.2 Å². The van der Waals surface area contributed by atoms with E-state index >= 15 is 0 Å². The number of carbonyl (C=O) groups is 1. The molecule has 2 heteroatoms. The van der Waals surface area contributed by atoms with Crippen molar-refractivity contribution in [1.82, 2.24) is 5.32 Å². The van der Waals surface area contributed by atoms with Crippen LogP contribution in [-0.2, 0) is 4.79 Å². The third kappa shape index (κ3) is 5.16. The molecule has 0 aromatic heterocycles. The summed E-state index contributed by atoms with van der Waals surface area (Å²) in [7, 11) is 0. The summed E-state index contributed by atoms with van der Waals surface area (Å²) >= 11 is 0. The maximum absolute atomic E-state index is 10.7. The molecule has 74 valence electrons. The van der Waals surface area contributed by atoms with Gasteiger partial charge in [-0.15, -0.1) is 0 Å². The molecule has 0 aliphatic carbocycles. The second kappa shape index (κ2) is 10.5. The van der Waals surface area contributed by atoms with Gasteiger partial charge in [-0.3, -0.25) is 4.79 Å². The molecule has 1 aliphatic rings. The third-order valence-electron chi connectivity index (χ3n) is 1.66. The minimum absolute atomic E-state index is 0.243. The first-order valence-electron chi connectivity index (χ1n) is 5.12. The van der Waals surface area contributed by atoms with Crippen LogP contribution in [0.5, 0.6) is 0 Å². The van der Waals surface area contributed by atoms with Crippen LogP contribution >= 0.6 is 0 Å². The average molecular weight is 173 g/mol. The molecular weight excluding hydrogens is 150 g/mol. The molecule has 12 heavy (non-hydrogen) atoms. The summed E-state index contributed by atoms with van der Waals surface area (Å²) in [5.41, 5.74) is 0. The van der Waals surface area contributed by atoms with Crippen LogP contribution in [0.1, 0.15) is 47.5 Å². The molecule has 1 amide bonds. The van der Waals surface area contributed by atoms with E-state index < -0.39 is 0 Å². The van der Waals surface area contributed by atoms with Gasteiger partial charge in [0.1, 0.15) is 0 Å². The maximum atomic E-state index is 10.7. The molecule has 0 unspecified atom stereocenters. The molecule has 0 spiro atoms. The molecule has 0 aromatic rings. The van der Waals surface area contributed by atoms with Crippen molar-refractivity contribution in [3.8, 4) is 0 Å². The minimum atomic E-state index is 0.243. The molecule has 1 fully saturated rings. The van der Waals surface area contributed by atoms with Crippen LogP contribution in [0.25, 0.3) is 0 Å². The lowest BCUT2D eigenvalue weighted by molar-refractivity contribution is -0.122. The topological polar surface area (TPSA) is 29.1 Å². The summed E-state index contributed by atoms with van der Waals surface area (Å²) < 4.78 is 0. The van der Waals surface area contributed by atoms with Gasteiger partial charge in [0, 0.05) is 12.5 Å². The fourth-order valence-corrected chi connectivity index (χ4v) is 1.03. The van der Waals surface area contributed by atoms with Gasteiger partial charge in [0.15, 0.2) is 0 Å². The quantitative estimate of drug-likeness (QED) is 0.649. The lowest BCUT2D eigenvalue weighted by Crippen LogP contribution is -2.18. The van der Waals surface area contributed by atoms with Crippen LogP contribution < -0.4 is 5.32 Å². The van der Waals surface area contributed by atoms with E-state index in [1.54, 1.807) is 0 Å². The Morgan fingerprint density at radius 2 is 1.83 bits per heavy atom. The molecular formula is C10H23NO. The molecule has 0 saturated carbocycles. The standard InChI is InChI=1S/C6H11NO.2C2H6/c1-2-5-3-4-7-6(5)8;2*1-2/h5H,2-4H2,1H3,(H,7,8);2*1-2H3/t5-;;/m1../s1. The maximum Gasteiger partial charge on any atom is 0.223 e. The van der Waals surface area contributed by atoms with E-state index in [4.69, 9.17) is 0 Å². The van der Waals surface area contributed by atoms with Crippen molar-refractivity contribution in [1.29, 1.82) is 0 Å². The predicted octanol–water partition coefficient (Wildman–Crippen LogP) is 2.58. The Labute approximate surface area is 76.7 Å². The first-order chi connectivity index (χ1) is 5.84. The molecule has 0 radical (unpaired) electrons. The van der Waals surface area contributed by atoms with E-state index in [0.717, 1.165) is 19.4 Å². The third-order valence-corrected chi connectivity index (χ3v) is 1.66. The second-order valence-corrected chi connectivity index (χ2v) is 2.18. The largest absolute Gasteiger partial charge is 0.356 e. The first-order valence-corrected chi connectivity index (χ1v) is 5.12. The van der Waals surface area contributed by atoms with Crippen molar-refractivity contribution in [2.45, 2.75) is 47.5 Å². The lowest BCUT2D eigenvalue weighted by Gasteiger charge is -1.97. The Hall–Kier alpha value is -0.530. The summed E-state index contributed by atoms with van der Waals surface area (Å²) in [6.45, 7) is 10.9. The number of hydrogen-bond acceptors (Lipinski definition) is 1. The molecule has 1 saturated heterocycles. The monoisotopic (exact) mass is 173 g/mol. The van der Waals surface area contributed by atoms with Gasteiger partial charge < -0.3 is 5.32 Å². The van der Waals surface area contributed by atoms with Gasteiger partial charge in [0.25, 0.3) is 0 Å². The summed E-state index contributed by atoms with van der Waals surface area (Å²) in [5, 5.41) is 2.78. The molecule has 1 aliphatic heterocycles. The second-order valence-electron chi connectivity index (χ2n) is 2.18.